The van der Waals surface area contributed by atoms with Crippen molar-refractivity contribution in [2.45, 2.75) is 78.4 Å². The standard InChI is InChI=1S/C17H32O3/c1-13(18)16(2,3)11-12-20-17(4,5)14-7-9-15(19-6)10-8-14/h14-15H,7-12H2,1-6H3. The van der Waals surface area contributed by atoms with Crippen LogP contribution in [-0.2, 0) is 14.3 Å². The van der Waals surface area contributed by atoms with Gasteiger partial charge >= 0.3 is 0 Å². The summed E-state index contributed by atoms with van der Waals surface area (Å²) in [5.41, 5.74) is -0.380. The molecule has 0 spiro atoms. The highest BCUT2D eigenvalue weighted by atomic mass is 16.5. The Balaban J connectivity index is 2.40. The van der Waals surface area contributed by atoms with Crippen LogP contribution in [0.25, 0.3) is 0 Å². The molecule has 0 unspecified atom stereocenters. The molecule has 0 aliphatic heterocycles. The minimum absolute atomic E-state index is 0.106. The average Bonchev–Trinajstić information content (AvgIpc) is 2.38. The smallest absolute Gasteiger partial charge is 0.135 e. The topological polar surface area (TPSA) is 35.5 Å². The lowest BCUT2D eigenvalue weighted by molar-refractivity contribution is -0.128. The summed E-state index contributed by atoms with van der Waals surface area (Å²) in [5.74, 6) is 0.828. The van der Waals surface area contributed by atoms with Gasteiger partial charge in [0, 0.05) is 19.1 Å². The lowest BCUT2D eigenvalue weighted by atomic mass is 9.77. The summed E-state index contributed by atoms with van der Waals surface area (Å²) in [6.45, 7) is 10.7. The van der Waals surface area contributed by atoms with Crippen LogP contribution in [0.2, 0.25) is 0 Å². The number of ether oxygens (including phenoxy) is 2. The third-order valence-electron chi connectivity index (χ3n) is 5.14. The van der Waals surface area contributed by atoms with E-state index in [1.807, 2.05) is 13.8 Å². The van der Waals surface area contributed by atoms with Crippen LogP contribution in [-0.4, -0.2) is 31.2 Å². The molecular weight excluding hydrogens is 252 g/mol. The zero-order valence-corrected chi connectivity index (χ0v) is 14.1. The van der Waals surface area contributed by atoms with Crippen molar-refractivity contribution in [3.63, 3.8) is 0 Å². The lowest BCUT2D eigenvalue weighted by Crippen LogP contribution is -2.39. The minimum atomic E-state index is -0.274. The predicted molar refractivity (Wildman–Crippen MR) is 81.9 cm³/mol. The van der Waals surface area contributed by atoms with Crippen molar-refractivity contribution >= 4 is 5.78 Å². The van der Waals surface area contributed by atoms with Crippen molar-refractivity contribution in [3.05, 3.63) is 0 Å². The summed E-state index contributed by atoms with van der Waals surface area (Å²) in [6.07, 6.45) is 5.82. The van der Waals surface area contributed by atoms with Crippen LogP contribution in [0.1, 0.15) is 66.7 Å². The first kappa shape index (κ1) is 17.6. The molecule has 118 valence electrons. The summed E-state index contributed by atoms with van der Waals surface area (Å²) in [6, 6.07) is 0. The summed E-state index contributed by atoms with van der Waals surface area (Å²) in [7, 11) is 1.80. The number of hydrogen-bond acceptors (Lipinski definition) is 3. The predicted octanol–water partition coefficient (Wildman–Crippen LogP) is 3.99. The molecule has 0 aromatic rings. The van der Waals surface area contributed by atoms with Gasteiger partial charge in [0.15, 0.2) is 0 Å². The van der Waals surface area contributed by atoms with Crippen molar-refractivity contribution in [1.29, 1.82) is 0 Å². The number of carbonyl (C=O) groups is 1. The highest BCUT2D eigenvalue weighted by molar-refractivity contribution is 5.81. The number of methoxy groups -OCH3 is 1. The number of Topliss-reactive ketones (excluding diaryl/α,β-unsaturated/α-hetero) is 1. The Morgan fingerprint density at radius 2 is 1.65 bits per heavy atom. The Hall–Kier alpha value is -0.410. The fourth-order valence-corrected chi connectivity index (χ4v) is 2.86. The van der Waals surface area contributed by atoms with Gasteiger partial charge in [0.1, 0.15) is 5.78 Å². The normalized spacial score (nSPS) is 24.7. The molecule has 0 bridgehead atoms. The quantitative estimate of drug-likeness (QED) is 0.709. The van der Waals surface area contributed by atoms with Crippen molar-refractivity contribution in [2.75, 3.05) is 13.7 Å². The zero-order valence-electron chi connectivity index (χ0n) is 14.1. The van der Waals surface area contributed by atoms with E-state index in [4.69, 9.17) is 9.47 Å². The molecule has 0 N–H and O–H groups in total. The van der Waals surface area contributed by atoms with Crippen LogP contribution in [0.4, 0.5) is 0 Å². The van der Waals surface area contributed by atoms with Gasteiger partial charge in [0.2, 0.25) is 0 Å². The van der Waals surface area contributed by atoms with E-state index in [1.165, 1.54) is 12.8 Å². The molecule has 1 aliphatic rings. The van der Waals surface area contributed by atoms with Crippen LogP contribution in [0.5, 0.6) is 0 Å². The number of ketones is 1. The molecule has 0 aromatic carbocycles. The van der Waals surface area contributed by atoms with E-state index in [1.54, 1.807) is 14.0 Å². The summed E-state index contributed by atoms with van der Waals surface area (Å²) in [5, 5.41) is 0. The zero-order chi connectivity index (χ0) is 15.4. The van der Waals surface area contributed by atoms with Gasteiger partial charge in [-0.3, -0.25) is 4.79 Å². The third-order valence-corrected chi connectivity index (χ3v) is 5.14. The first-order valence-electron chi connectivity index (χ1n) is 7.87. The Morgan fingerprint density at radius 1 is 1.10 bits per heavy atom. The maximum atomic E-state index is 11.5. The summed E-state index contributed by atoms with van der Waals surface area (Å²) in [4.78, 5) is 11.5. The van der Waals surface area contributed by atoms with Crippen molar-refractivity contribution in [2.24, 2.45) is 11.3 Å². The Kier molecular flexibility index (Phi) is 6.21. The molecule has 1 fully saturated rings. The second-order valence-electron chi connectivity index (χ2n) is 7.35. The monoisotopic (exact) mass is 284 g/mol. The maximum Gasteiger partial charge on any atom is 0.135 e. The SMILES string of the molecule is COC1CCC(C(C)(C)OCCC(C)(C)C(C)=O)CC1. The Bertz CT molecular complexity index is 312. The molecule has 1 saturated carbocycles. The van der Waals surface area contributed by atoms with Gasteiger partial charge in [-0.2, -0.15) is 0 Å². The van der Waals surface area contributed by atoms with E-state index >= 15 is 0 Å². The molecule has 20 heavy (non-hydrogen) atoms. The molecule has 0 radical (unpaired) electrons. The van der Waals surface area contributed by atoms with Gasteiger partial charge in [-0.15, -0.1) is 0 Å². The fraction of sp³-hybridized carbons (Fsp3) is 0.941. The van der Waals surface area contributed by atoms with Crippen molar-refractivity contribution in [3.8, 4) is 0 Å². The van der Waals surface area contributed by atoms with Crippen molar-refractivity contribution < 1.29 is 14.3 Å². The Morgan fingerprint density at radius 3 is 2.10 bits per heavy atom. The first-order chi connectivity index (χ1) is 9.19. The van der Waals surface area contributed by atoms with Gasteiger partial charge in [-0.05, 0) is 58.8 Å². The Labute approximate surface area is 124 Å². The molecule has 3 nitrogen and oxygen atoms in total. The number of rotatable bonds is 7. The second-order valence-corrected chi connectivity index (χ2v) is 7.35. The first-order valence-corrected chi connectivity index (χ1v) is 7.87. The van der Waals surface area contributed by atoms with Gasteiger partial charge < -0.3 is 9.47 Å². The van der Waals surface area contributed by atoms with Gasteiger partial charge in [-0.25, -0.2) is 0 Å². The maximum absolute atomic E-state index is 11.5. The van der Waals surface area contributed by atoms with Gasteiger partial charge in [-0.1, -0.05) is 13.8 Å². The van der Waals surface area contributed by atoms with E-state index < -0.39 is 0 Å². The molecule has 1 rings (SSSR count). The molecule has 3 heteroatoms. The van der Waals surface area contributed by atoms with Crippen molar-refractivity contribution in [1.82, 2.24) is 0 Å². The highest BCUT2D eigenvalue weighted by Gasteiger charge is 2.34. The molecule has 0 amide bonds. The molecule has 0 atom stereocenters. The van der Waals surface area contributed by atoms with Crippen LogP contribution < -0.4 is 0 Å². The van der Waals surface area contributed by atoms with E-state index in [9.17, 15) is 4.79 Å². The molecular formula is C17H32O3. The largest absolute Gasteiger partial charge is 0.381 e. The summed E-state index contributed by atoms with van der Waals surface area (Å²) >= 11 is 0. The molecule has 1 aliphatic carbocycles. The van der Waals surface area contributed by atoms with E-state index in [2.05, 4.69) is 13.8 Å². The molecule has 0 saturated heterocycles. The van der Waals surface area contributed by atoms with Gasteiger partial charge in [0.05, 0.1) is 11.7 Å². The van der Waals surface area contributed by atoms with Crippen LogP contribution in [0, 0.1) is 11.3 Å². The fourth-order valence-electron chi connectivity index (χ4n) is 2.86. The molecule has 0 heterocycles. The lowest BCUT2D eigenvalue weighted by Gasteiger charge is -2.39. The average molecular weight is 284 g/mol. The van der Waals surface area contributed by atoms with Crippen LogP contribution in [0.3, 0.4) is 0 Å². The highest BCUT2D eigenvalue weighted by Crippen LogP contribution is 2.36. The van der Waals surface area contributed by atoms with E-state index in [-0.39, 0.29) is 16.8 Å². The van der Waals surface area contributed by atoms with Crippen LogP contribution in [0.15, 0.2) is 0 Å². The second kappa shape index (κ2) is 7.04. The van der Waals surface area contributed by atoms with Crippen LogP contribution >= 0.6 is 0 Å². The third kappa shape index (κ3) is 4.85. The minimum Gasteiger partial charge on any atom is -0.381 e. The number of carbonyl (C=O) groups excluding carboxylic acids is 1. The van der Waals surface area contributed by atoms with E-state index in [0.717, 1.165) is 19.3 Å². The number of hydrogen-bond donors (Lipinski definition) is 0. The summed E-state index contributed by atoms with van der Waals surface area (Å²) < 4.78 is 11.6. The molecule has 0 aromatic heterocycles. The van der Waals surface area contributed by atoms with E-state index in [0.29, 0.717) is 18.6 Å². The van der Waals surface area contributed by atoms with Gasteiger partial charge in [0.25, 0.3) is 0 Å².